The molecule has 1 rings (SSSR count). The molecule has 0 bridgehead atoms. The molecule has 0 N–H and O–H groups in total. The van der Waals surface area contributed by atoms with E-state index in [0.717, 1.165) is 5.56 Å². The normalized spacial score (nSPS) is 12.9. The van der Waals surface area contributed by atoms with Gasteiger partial charge < -0.3 is 4.79 Å². The Morgan fingerprint density at radius 2 is 1.53 bits per heavy atom. The molecule has 19 heavy (non-hydrogen) atoms. The molecule has 0 aliphatic rings. The molecule has 106 valence electrons. The zero-order valence-corrected chi connectivity index (χ0v) is 12.8. The maximum Gasteiger partial charge on any atom is 0.133 e. The van der Waals surface area contributed by atoms with Gasteiger partial charge in [0, 0.05) is 12.3 Å². The summed E-state index contributed by atoms with van der Waals surface area (Å²) < 4.78 is 0. The molecule has 0 heterocycles. The lowest BCUT2D eigenvalue weighted by Gasteiger charge is -2.20. The maximum absolute atomic E-state index is 11.5. The summed E-state index contributed by atoms with van der Waals surface area (Å²) in [4.78, 5) is 22.7. The summed E-state index contributed by atoms with van der Waals surface area (Å²) >= 11 is 0. The van der Waals surface area contributed by atoms with Crippen molar-refractivity contribution in [1.29, 1.82) is 0 Å². The van der Waals surface area contributed by atoms with Gasteiger partial charge in [-0.15, -0.1) is 0 Å². The molecule has 0 fully saturated rings. The molecule has 2 unspecified atom stereocenters. The van der Waals surface area contributed by atoms with Crippen molar-refractivity contribution in [2.45, 2.75) is 53.4 Å². The molecule has 2 atom stereocenters. The number of carbonyl (C=O) groups excluding carboxylic acids is 2. The molecular weight excluding hydrogens is 236 g/mol. The number of ketones is 2. The Balaban J connectivity index is 0.000000982. The number of Topliss-reactive ketones (excluding diaryl/α,β-unsaturated/α-hetero) is 2. The monoisotopic (exact) mass is 262 g/mol. The van der Waals surface area contributed by atoms with Crippen molar-refractivity contribution >= 4 is 11.6 Å². The molecule has 0 radical (unpaired) electrons. The Morgan fingerprint density at radius 3 is 1.89 bits per heavy atom. The van der Waals surface area contributed by atoms with E-state index in [1.165, 1.54) is 13.3 Å². The predicted molar refractivity (Wildman–Crippen MR) is 80.3 cm³/mol. The highest BCUT2D eigenvalue weighted by molar-refractivity contribution is 5.86. The van der Waals surface area contributed by atoms with Crippen LogP contribution in [-0.2, 0) is 9.59 Å². The first-order valence-corrected chi connectivity index (χ1v) is 6.98. The summed E-state index contributed by atoms with van der Waals surface area (Å²) in [6.07, 6.45) is 1.59. The quantitative estimate of drug-likeness (QED) is 0.788. The molecule has 2 heteroatoms. The Labute approximate surface area is 117 Å². The van der Waals surface area contributed by atoms with E-state index in [2.05, 4.69) is 13.8 Å². The van der Waals surface area contributed by atoms with Crippen LogP contribution >= 0.6 is 0 Å². The van der Waals surface area contributed by atoms with Gasteiger partial charge in [0.2, 0.25) is 0 Å². The van der Waals surface area contributed by atoms with Crippen LogP contribution in [0.2, 0.25) is 0 Å². The fourth-order valence-electron chi connectivity index (χ4n) is 1.97. The maximum atomic E-state index is 11.5. The summed E-state index contributed by atoms with van der Waals surface area (Å²) in [5.74, 6) is 0.0667. The third kappa shape index (κ3) is 6.90. The van der Waals surface area contributed by atoms with Gasteiger partial charge in [0.05, 0.1) is 0 Å². The second-order valence-corrected chi connectivity index (χ2v) is 5.03. The molecule has 2 nitrogen and oxygen atoms in total. The van der Waals surface area contributed by atoms with E-state index in [1.54, 1.807) is 6.92 Å². The van der Waals surface area contributed by atoms with E-state index in [9.17, 15) is 9.59 Å². The molecule has 0 spiro atoms. The first-order chi connectivity index (χ1) is 8.93. The average Bonchev–Trinajstić information content (AvgIpc) is 2.36. The van der Waals surface area contributed by atoms with Crippen molar-refractivity contribution in [2.75, 3.05) is 0 Å². The van der Waals surface area contributed by atoms with Crippen LogP contribution in [0.5, 0.6) is 0 Å². The van der Waals surface area contributed by atoms with Crippen LogP contribution in [0, 0.1) is 5.92 Å². The van der Waals surface area contributed by atoms with Crippen molar-refractivity contribution < 1.29 is 9.59 Å². The van der Waals surface area contributed by atoms with Gasteiger partial charge in [0.15, 0.2) is 0 Å². The summed E-state index contributed by atoms with van der Waals surface area (Å²) in [5, 5.41) is 0. The van der Waals surface area contributed by atoms with Crippen molar-refractivity contribution in [3.05, 3.63) is 35.9 Å². The van der Waals surface area contributed by atoms with Crippen molar-refractivity contribution in [1.82, 2.24) is 0 Å². The van der Waals surface area contributed by atoms with Gasteiger partial charge in [-0.05, 0) is 25.3 Å². The number of rotatable bonds is 5. The minimum atomic E-state index is -0.195. The Hall–Kier alpha value is -1.44. The van der Waals surface area contributed by atoms with Crippen LogP contribution in [0.25, 0.3) is 0 Å². The highest BCUT2D eigenvalue weighted by Gasteiger charge is 2.24. The highest BCUT2D eigenvalue weighted by Crippen LogP contribution is 2.27. The number of hydrogen-bond acceptors (Lipinski definition) is 2. The Bertz CT molecular complexity index is 382. The zero-order chi connectivity index (χ0) is 14.8. The van der Waals surface area contributed by atoms with Crippen LogP contribution < -0.4 is 0 Å². The van der Waals surface area contributed by atoms with Gasteiger partial charge >= 0.3 is 0 Å². The minimum absolute atomic E-state index is 0.0722. The van der Waals surface area contributed by atoms with Crippen LogP contribution in [0.1, 0.15) is 58.9 Å². The van der Waals surface area contributed by atoms with Gasteiger partial charge in [-0.1, -0.05) is 57.5 Å². The van der Waals surface area contributed by atoms with Crippen LogP contribution in [0.15, 0.2) is 30.3 Å². The molecule has 0 saturated heterocycles. The Morgan fingerprint density at radius 1 is 1.05 bits per heavy atom. The van der Waals surface area contributed by atoms with E-state index in [1.807, 2.05) is 37.3 Å². The molecule has 0 amide bonds. The number of hydrogen-bond donors (Lipinski definition) is 0. The van der Waals surface area contributed by atoms with Crippen LogP contribution in [0.4, 0.5) is 0 Å². The second-order valence-electron chi connectivity index (χ2n) is 5.03. The van der Waals surface area contributed by atoms with Gasteiger partial charge in [-0.2, -0.15) is 0 Å². The molecule has 0 aliphatic heterocycles. The molecule has 0 aliphatic carbocycles. The summed E-state index contributed by atoms with van der Waals surface area (Å²) in [7, 11) is 0. The molecule has 0 aromatic heterocycles. The topological polar surface area (TPSA) is 34.1 Å². The van der Waals surface area contributed by atoms with Crippen molar-refractivity contribution in [3.8, 4) is 0 Å². The lowest BCUT2D eigenvalue weighted by molar-refractivity contribution is -0.126. The van der Waals surface area contributed by atoms with Crippen molar-refractivity contribution in [2.24, 2.45) is 5.92 Å². The largest absolute Gasteiger partial charge is 0.300 e. The minimum Gasteiger partial charge on any atom is -0.300 e. The van der Waals surface area contributed by atoms with E-state index in [4.69, 9.17) is 0 Å². The first kappa shape index (κ1) is 17.6. The summed E-state index contributed by atoms with van der Waals surface area (Å²) in [6.45, 7) is 9.35. The summed E-state index contributed by atoms with van der Waals surface area (Å²) in [6, 6.07) is 9.86. The van der Waals surface area contributed by atoms with Gasteiger partial charge in [0.25, 0.3) is 0 Å². The average molecular weight is 262 g/mol. The summed E-state index contributed by atoms with van der Waals surface area (Å²) in [5.41, 5.74) is 1.11. The predicted octanol–water partition coefficient (Wildman–Crippen LogP) is 4.39. The lowest BCUT2D eigenvalue weighted by Crippen LogP contribution is -2.20. The number of carbonyl (C=O) groups is 2. The third-order valence-corrected chi connectivity index (χ3v) is 2.96. The van der Waals surface area contributed by atoms with Gasteiger partial charge in [-0.3, -0.25) is 4.79 Å². The fraction of sp³-hybridized carbons (Fsp3) is 0.529. The lowest BCUT2D eigenvalue weighted by atomic mass is 9.82. The smallest absolute Gasteiger partial charge is 0.133 e. The Kier molecular flexibility index (Phi) is 8.77. The molecule has 1 aromatic rings. The van der Waals surface area contributed by atoms with Crippen molar-refractivity contribution in [3.63, 3.8) is 0 Å². The molecule has 0 saturated carbocycles. The molecule has 1 aromatic carbocycles. The van der Waals surface area contributed by atoms with Crippen LogP contribution in [0.3, 0.4) is 0 Å². The second kappa shape index (κ2) is 9.48. The van der Waals surface area contributed by atoms with Gasteiger partial charge in [-0.25, -0.2) is 0 Å². The highest BCUT2D eigenvalue weighted by atomic mass is 16.1. The van der Waals surface area contributed by atoms with Crippen LogP contribution in [-0.4, -0.2) is 11.6 Å². The zero-order valence-electron chi connectivity index (χ0n) is 12.8. The van der Waals surface area contributed by atoms with E-state index in [-0.39, 0.29) is 23.4 Å². The number of benzene rings is 1. The third-order valence-electron chi connectivity index (χ3n) is 2.96. The standard InChI is InChI=1S/C14H18O2.C3H8/c1-10(15)9-14(12(3)16)11(2)13-7-5-4-6-8-13;1-3-2/h4-8,11,14H,9H2,1-3H3;3H2,1-2H3. The fourth-order valence-corrected chi connectivity index (χ4v) is 1.97. The molecular formula is C17H26O2. The first-order valence-electron chi connectivity index (χ1n) is 6.98. The van der Waals surface area contributed by atoms with E-state index in [0.29, 0.717) is 6.42 Å². The SMILES string of the molecule is CC(=O)CC(C(C)=O)C(C)c1ccccc1.CCC. The van der Waals surface area contributed by atoms with E-state index < -0.39 is 0 Å². The van der Waals surface area contributed by atoms with E-state index >= 15 is 0 Å². The van der Waals surface area contributed by atoms with Gasteiger partial charge in [0.1, 0.15) is 11.6 Å².